The van der Waals surface area contributed by atoms with Crippen LogP contribution in [0.15, 0.2) is 65.6 Å². The molecular weight excluding hydrogens is 443 g/mol. The zero-order valence-corrected chi connectivity index (χ0v) is 18.4. The standard InChI is InChI=1S/C22H20ClFN2O4S/c1-14-12-18(31(28,29)26-17-8-6-16(24)7-9-17)10-11-21(14)30-13-22(27)25-20-5-3-4-19(23)15(20)2/h3-12,26H,13H2,1-2H3,(H,25,27). The number of halogens is 2. The summed E-state index contributed by atoms with van der Waals surface area (Å²) in [7, 11) is -3.87. The number of carbonyl (C=O) groups is 1. The Hall–Kier alpha value is -3.10. The van der Waals surface area contributed by atoms with Crippen molar-refractivity contribution in [2.75, 3.05) is 16.6 Å². The van der Waals surface area contributed by atoms with E-state index >= 15 is 0 Å². The van der Waals surface area contributed by atoms with Crippen molar-refractivity contribution < 1.29 is 22.3 Å². The molecule has 0 saturated heterocycles. The lowest BCUT2D eigenvalue weighted by atomic mass is 10.2. The van der Waals surface area contributed by atoms with Crippen LogP contribution in [0.4, 0.5) is 15.8 Å². The summed E-state index contributed by atoms with van der Waals surface area (Å²) in [4.78, 5) is 12.2. The van der Waals surface area contributed by atoms with E-state index in [1.165, 1.54) is 30.3 Å². The fourth-order valence-electron chi connectivity index (χ4n) is 2.76. The molecule has 0 unspecified atom stereocenters. The number of rotatable bonds is 7. The van der Waals surface area contributed by atoms with E-state index in [2.05, 4.69) is 10.0 Å². The minimum absolute atomic E-state index is 0.0145. The number of nitrogens with one attached hydrogen (secondary N) is 2. The Morgan fingerprint density at radius 3 is 2.45 bits per heavy atom. The molecule has 3 rings (SSSR count). The third-order valence-corrected chi connectivity index (χ3v) is 6.24. The first-order chi connectivity index (χ1) is 14.7. The molecule has 0 spiro atoms. The largest absolute Gasteiger partial charge is 0.483 e. The third-order valence-electron chi connectivity index (χ3n) is 4.45. The van der Waals surface area contributed by atoms with E-state index in [4.69, 9.17) is 16.3 Å². The number of sulfonamides is 1. The van der Waals surface area contributed by atoms with Crippen LogP contribution in [0, 0.1) is 19.7 Å². The SMILES string of the molecule is Cc1cc(S(=O)(=O)Nc2ccc(F)cc2)ccc1OCC(=O)Nc1cccc(Cl)c1C. The zero-order valence-electron chi connectivity index (χ0n) is 16.8. The van der Waals surface area contributed by atoms with Gasteiger partial charge in [-0.25, -0.2) is 12.8 Å². The van der Waals surface area contributed by atoms with Crippen LogP contribution in [0.3, 0.4) is 0 Å². The quantitative estimate of drug-likeness (QED) is 0.522. The van der Waals surface area contributed by atoms with E-state index in [1.54, 1.807) is 32.0 Å². The number of amides is 1. The van der Waals surface area contributed by atoms with Gasteiger partial charge >= 0.3 is 0 Å². The first-order valence-electron chi connectivity index (χ1n) is 9.22. The summed E-state index contributed by atoms with van der Waals surface area (Å²) in [6, 6.07) is 14.5. The maximum absolute atomic E-state index is 13.0. The Balaban J connectivity index is 1.65. The lowest BCUT2D eigenvalue weighted by Gasteiger charge is -2.13. The van der Waals surface area contributed by atoms with Crippen molar-refractivity contribution in [2.24, 2.45) is 0 Å². The summed E-state index contributed by atoms with van der Waals surface area (Å²) in [5.74, 6) is -0.465. The molecule has 0 atom stereocenters. The molecule has 0 aliphatic carbocycles. The van der Waals surface area contributed by atoms with Crippen molar-refractivity contribution in [2.45, 2.75) is 18.7 Å². The molecule has 3 aromatic carbocycles. The van der Waals surface area contributed by atoms with Gasteiger partial charge in [-0.15, -0.1) is 0 Å². The maximum atomic E-state index is 13.0. The molecule has 0 aromatic heterocycles. The summed E-state index contributed by atoms with van der Waals surface area (Å²) < 4.78 is 46.0. The van der Waals surface area contributed by atoms with Crippen LogP contribution in [0.2, 0.25) is 5.02 Å². The van der Waals surface area contributed by atoms with Crippen LogP contribution >= 0.6 is 11.6 Å². The van der Waals surface area contributed by atoms with Gasteiger partial charge < -0.3 is 10.1 Å². The van der Waals surface area contributed by atoms with Crippen LogP contribution in [-0.2, 0) is 14.8 Å². The van der Waals surface area contributed by atoms with E-state index in [9.17, 15) is 17.6 Å². The zero-order chi connectivity index (χ0) is 22.6. The van der Waals surface area contributed by atoms with E-state index in [-0.39, 0.29) is 23.1 Å². The van der Waals surface area contributed by atoms with Crippen molar-refractivity contribution in [1.29, 1.82) is 0 Å². The van der Waals surface area contributed by atoms with Crippen molar-refractivity contribution >= 4 is 38.9 Å². The Kier molecular flexibility index (Phi) is 6.82. The number of benzene rings is 3. The number of hydrogen-bond donors (Lipinski definition) is 2. The molecule has 162 valence electrons. The fraction of sp³-hybridized carbons (Fsp3) is 0.136. The topological polar surface area (TPSA) is 84.5 Å². The summed E-state index contributed by atoms with van der Waals surface area (Å²) in [5, 5.41) is 3.27. The highest BCUT2D eigenvalue weighted by Gasteiger charge is 2.16. The number of ether oxygens (including phenoxy) is 1. The Labute approximate surface area is 185 Å². The molecule has 0 saturated carbocycles. The van der Waals surface area contributed by atoms with Gasteiger partial charge in [0.25, 0.3) is 15.9 Å². The fourth-order valence-corrected chi connectivity index (χ4v) is 4.07. The van der Waals surface area contributed by atoms with Crippen molar-refractivity contribution in [1.82, 2.24) is 0 Å². The first kappa shape index (κ1) is 22.6. The van der Waals surface area contributed by atoms with E-state index < -0.39 is 15.8 Å². The molecule has 1 amide bonds. The molecule has 0 heterocycles. The van der Waals surface area contributed by atoms with Crippen molar-refractivity contribution in [3.63, 3.8) is 0 Å². The minimum Gasteiger partial charge on any atom is -0.483 e. The minimum atomic E-state index is -3.87. The van der Waals surface area contributed by atoms with Crippen LogP contribution in [0.25, 0.3) is 0 Å². The van der Waals surface area contributed by atoms with Gasteiger partial charge in [-0.2, -0.15) is 0 Å². The van der Waals surface area contributed by atoms with Crippen LogP contribution in [-0.4, -0.2) is 20.9 Å². The number of aryl methyl sites for hydroxylation is 1. The second-order valence-electron chi connectivity index (χ2n) is 6.79. The molecule has 0 radical (unpaired) electrons. The number of hydrogen-bond acceptors (Lipinski definition) is 4. The van der Waals surface area contributed by atoms with Gasteiger partial charge in [0.1, 0.15) is 11.6 Å². The second kappa shape index (κ2) is 9.36. The van der Waals surface area contributed by atoms with Gasteiger partial charge in [-0.05, 0) is 79.6 Å². The molecule has 0 fully saturated rings. The average molecular weight is 463 g/mol. The summed E-state index contributed by atoms with van der Waals surface area (Å²) in [6.45, 7) is 3.21. The van der Waals surface area contributed by atoms with Crippen LogP contribution in [0.1, 0.15) is 11.1 Å². The number of anilines is 2. The van der Waals surface area contributed by atoms with Gasteiger partial charge in [0.15, 0.2) is 6.61 Å². The lowest BCUT2D eigenvalue weighted by molar-refractivity contribution is -0.118. The maximum Gasteiger partial charge on any atom is 0.262 e. The monoisotopic (exact) mass is 462 g/mol. The predicted octanol–water partition coefficient (Wildman–Crippen LogP) is 4.91. The average Bonchev–Trinajstić information content (AvgIpc) is 2.72. The second-order valence-corrected chi connectivity index (χ2v) is 8.88. The molecule has 2 N–H and O–H groups in total. The Morgan fingerprint density at radius 2 is 1.77 bits per heavy atom. The summed E-state index contributed by atoms with van der Waals surface area (Å²) in [5.41, 5.74) is 2.11. The molecule has 31 heavy (non-hydrogen) atoms. The van der Waals surface area contributed by atoms with Gasteiger partial charge in [0, 0.05) is 16.4 Å². The van der Waals surface area contributed by atoms with Crippen molar-refractivity contribution in [3.05, 3.63) is 82.6 Å². The highest BCUT2D eigenvalue weighted by molar-refractivity contribution is 7.92. The first-order valence-corrected chi connectivity index (χ1v) is 11.1. The molecule has 3 aromatic rings. The molecule has 0 bridgehead atoms. The molecule has 0 aliphatic heterocycles. The molecule has 6 nitrogen and oxygen atoms in total. The Bertz CT molecular complexity index is 1210. The van der Waals surface area contributed by atoms with Gasteiger partial charge in [0.2, 0.25) is 0 Å². The lowest BCUT2D eigenvalue weighted by Crippen LogP contribution is -2.21. The molecular formula is C22H20ClFN2O4S. The van der Waals surface area contributed by atoms with E-state index in [1.807, 2.05) is 0 Å². The number of carbonyl (C=O) groups excluding carboxylic acids is 1. The molecule has 0 aliphatic rings. The normalized spacial score (nSPS) is 11.1. The van der Waals surface area contributed by atoms with E-state index in [0.717, 1.165) is 17.7 Å². The van der Waals surface area contributed by atoms with Gasteiger partial charge in [0.05, 0.1) is 4.90 Å². The predicted molar refractivity (Wildman–Crippen MR) is 119 cm³/mol. The highest BCUT2D eigenvalue weighted by Crippen LogP contribution is 2.25. The summed E-state index contributed by atoms with van der Waals surface area (Å²) >= 11 is 6.05. The Morgan fingerprint density at radius 1 is 1.06 bits per heavy atom. The molecule has 9 heteroatoms. The van der Waals surface area contributed by atoms with Crippen LogP contribution < -0.4 is 14.8 Å². The smallest absolute Gasteiger partial charge is 0.262 e. The third kappa shape index (κ3) is 5.74. The van der Waals surface area contributed by atoms with E-state index in [0.29, 0.717) is 22.0 Å². The van der Waals surface area contributed by atoms with Crippen molar-refractivity contribution in [3.8, 4) is 5.75 Å². The van der Waals surface area contributed by atoms with Crippen LogP contribution in [0.5, 0.6) is 5.75 Å². The summed E-state index contributed by atoms with van der Waals surface area (Å²) in [6.07, 6.45) is 0. The highest BCUT2D eigenvalue weighted by atomic mass is 35.5. The van der Waals surface area contributed by atoms with Gasteiger partial charge in [-0.1, -0.05) is 17.7 Å². The van der Waals surface area contributed by atoms with Gasteiger partial charge in [-0.3, -0.25) is 9.52 Å².